The predicted octanol–water partition coefficient (Wildman–Crippen LogP) is 0.944. The average Bonchev–Trinajstić information content (AvgIpc) is 2.27. The number of nitrogens with one attached hydrogen (secondary N) is 2. The molecule has 0 aliphatic rings. The van der Waals surface area contributed by atoms with Gasteiger partial charge < -0.3 is 15.7 Å². The van der Waals surface area contributed by atoms with Crippen LogP contribution in [0.4, 0.5) is 4.79 Å². The van der Waals surface area contributed by atoms with Gasteiger partial charge in [0, 0.05) is 35.4 Å². The van der Waals surface area contributed by atoms with Gasteiger partial charge in [-0.1, -0.05) is 13.3 Å². The van der Waals surface area contributed by atoms with Crippen LogP contribution in [0.25, 0.3) is 0 Å². The highest BCUT2D eigenvalue weighted by atomic mass is 32.2. The second-order valence-electron chi connectivity index (χ2n) is 4.75. The van der Waals surface area contributed by atoms with E-state index in [0.29, 0.717) is 18.7 Å². The van der Waals surface area contributed by atoms with Gasteiger partial charge >= 0.3 is 12.0 Å². The molecule has 0 rings (SSSR count). The number of hydrogen-bond acceptors (Lipinski definition) is 3. The summed E-state index contributed by atoms with van der Waals surface area (Å²) in [7, 11) is -0.907. The molecule has 0 aromatic carbocycles. The summed E-state index contributed by atoms with van der Waals surface area (Å²) in [6.07, 6.45) is 3.70. The molecule has 3 unspecified atom stereocenters. The van der Waals surface area contributed by atoms with Crippen molar-refractivity contribution in [2.75, 3.05) is 18.6 Å². The van der Waals surface area contributed by atoms with E-state index < -0.39 is 16.8 Å². The second-order valence-corrected chi connectivity index (χ2v) is 6.30. The van der Waals surface area contributed by atoms with Gasteiger partial charge in [0.2, 0.25) is 0 Å². The monoisotopic (exact) mass is 292 g/mol. The number of aliphatic carboxylic acids is 1. The van der Waals surface area contributed by atoms with Gasteiger partial charge in [0.05, 0.1) is 5.92 Å². The van der Waals surface area contributed by atoms with Crippen molar-refractivity contribution < 1.29 is 18.9 Å². The third kappa shape index (κ3) is 10.5. The number of carbonyl (C=O) groups is 2. The zero-order chi connectivity index (χ0) is 14.8. The molecule has 2 amide bonds. The van der Waals surface area contributed by atoms with Crippen molar-refractivity contribution in [1.82, 2.24) is 10.6 Å². The topological polar surface area (TPSA) is 95.5 Å². The number of rotatable bonds is 9. The Morgan fingerprint density at radius 2 is 1.89 bits per heavy atom. The fraction of sp³-hybridized carbons (Fsp3) is 0.833. The minimum absolute atomic E-state index is 0.00637. The lowest BCUT2D eigenvalue weighted by Gasteiger charge is -2.15. The minimum atomic E-state index is -0.907. The van der Waals surface area contributed by atoms with Crippen molar-refractivity contribution in [3.8, 4) is 0 Å². The predicted molar refractivity (Wildman–Crippen MR) is 75.6 cm³/mol. The Labute approximate surface area is 116 Å². The summed E-state index contributed by atoms with van der Waals surface area (Å²) >= 11 is 0. The molecule has 0 fully saturated rings. The van der Waals surface area contributed by atoms with Crippen LogP contribution < -0.4 is 10.6 Å². The van der Waals surface area contributed by atoms with Gasteiger partial charge in [0.25, 0.3) is 0 Å². The number of amides is 2. The van der Waals surface area contributed by atoms with E-state index in [4.69, 9.17) is 5.11 Å². The Morgan fingerprint density at radius 1 is 1.26 bits per heavy atom. The quantitative estimate of drug-likeness (QED) is 0.589. The minimum Gasteiger partial charge on any atom is -0.481 e. The van der Waals surface area contributed by atoms with Crippen molar-refractivity contribution in [3.05, 3.63) is 0 Å². The fourth-order valence-electron chi connectivity index (χ4n) is 1.51. The maximum absolute atomic E-state index is 11.4. The van der Waals surface area contributed by atoms with Crippen LogP contribution in [0.15, 0.2) is 0 Å². The molecule has 0 bridgehead atoms. The van der Waals surface area contributed by atoms with E-state index >= 15 is 0 Å². The van der Waals surface area contributed by atoms with Gasteiger partial charge in [-0.15, -0.1) is 0 Å². The van der Waals surface area contributed by atoms with Gasteiger partial charge in [-0.2, -0.15) is 0 Å². The Morgan fingerprint density at radius 3 is 2.42 bits per heavy atom. The molecule has 7 heteroatoms. The molecule has 0 aromatic rings. The molecule has 0 heterocycles. The van der Waals surface area contributed by atoms with Crippen molar-refractivity contribution in [2.45, 2.75) is 39.2 Å². The lowest BCUT2D eigenvalue weighted by Crippen LogP contribution is -2.42. The van der Waals surface area contributed by atoms with Crippen LogP contribution in [-0.2, 0) is 15.6 Å². The van der Waals surface area contributed by atoms with E-state index in [1.54, 1.807) is 13.2 Å². The summed E-state index contributed by atoms with van der Waals surface area (Å²) < 4.78 is 10.8. The molecule has 3 atom stereocenters. The molecule has 0 radical (unpaired) electrons. The largest absolute Gasteiger partial charge is 0.481 e. The van der Waals surface area contributed by atoms with Crippen molar-refractivity contribution in [3.63, 3.8) is 0 Å². The van der Waals surface area contributed by atoms with Crippen molar-refractivity contribution >= 4 is 22.8 Å². The molecule has 0 aromatic heterocycles. The average molecular weight is 292 g/mol. The molecule has 0 saturated heterocycles. The summed E-state index contributed by atoms with van der Waals surface area (Å²) in [6.45, 7) is 3.94. The number of carboxylic acid groups (broad SMARTS) is 1. The maximum Gasteiger partial charge on any atom is 0.315 e. The maximum atomic E-state index is 11.4. The van der Waals surface area contributed by atoms with Crippen molar-refractivity contribution in [2.24, 2.45) is 5.92 Å². The summed E-state index contributed by atoms with van der Waals surface area (Å²) in [4.78, 5) is 22.0. The third-order valence-corrected chi connectivity index (χ3v) is 3.53. The Hall–Kier alpha value is -1.11. The van der Waals surface area contributed by atoms with Crippen LogP contribution in [0.2, 0.25) is 0 Å². The molecule has 0 saturated carbocycles. The third-order valence-electron chi connectivity index (χ3n) is 2.75. The number of urea groups is 1. The summed E-state index contributed by atoms with van der Waals surface area (Å²) in [5, 5.41) is 14.1. The van der Waals surface area contributed by atoms with Crippen molar-refractivity contribution in [1.29, 1.82) is 0 Å². The van der Waals surface area contributed by atoms with E-state index in [1.165, 1.54) is 0 Å². The van der Waals surface area contributed by atoms with Gasteiger partial charge in [-0.05, 0) is 19.8 Å². The second kappa shape index (κ2) is 9.77. The van der Waals surface area contributed by atoms with E-state index in [-0.39, 0.29) is 18.0 Å². The first-order valence-corrected chi connectivity index (χ1v) is 8.12. The van der Waals surface area contributed by atoms with E-state index in [1.807, 2.05) is 6.92 Å². The van der Waals surface area contributed by atoms with E-state index in [2.05, 4.69) is 10.6 Å². The summed E-state index contributed by atoms with van der Waals surface area (Å²) in [6, 6.07) is -0.280. The molecule has 19 heavy (non-hydrogen) atoms. The molecule has 0 aliphatic carbocycles. The SMILES string of the molecule is CC(CCCC(C)C(=O)O)NC(=O)NCCS(C)=O. The zero-order valence-corrected chi connectivity index (χ0v) is 12.6. The van der Waals surface area contributed by atoms with Crippen LogP contribution in [0.5, 0.6) is 0 Å². The lowest BCUT2D eigenvalue weighted by atomic mass is 10.0. The first kappa shape index (κ1) is 17.9. The molecular formula is C12H24N2O4S. The molecular weight excluding hydrogens is 268 g/mol. The summed E-state index contributed by atoms with van der Waals surface area (Å²) in [5.74, 6) is -0.690. The fourth-order valence-corrected chi connectivity index (χ4v) is 1.90. The number of hydrogen-bond donors (Lipinski definition) is 3. The number of carboxylic acids is 1. The van der Waals surface area contributed by atoms with Crippen LogP contribution in [0.3, 0.4) is 0 Å². The standard InChI is InChI=1S/C12H24N2O4S/c1-9(11(15)16)5-4-6-10(2)14-12(17)13-7-8-19(3)18/h9-10H,4-8H2,1-3H3,(H,15,16)(H2,13,14,17). The molecule has 0 spiro atoms. The van der Waals surface area contributed by atoms with Crippen LogP contribution >= 0.6 is 0 Å². The highest BCUT2D eigenvalue weighted by Gasteiger charge is 2.12. The first-order valence-electron chi connectivity index (χ1n) is 6.40. The first-order chi connectivity index (χ1) is 8.82. The van der Waals surface area contributed by atoms with Gasteiger partial charge in [0.1, 0.15) is 0 Å². The van der Waals surface area contributed by atoms with E-state index in [9.17, 15) is 13.8 Å². The van der Waals surface area contributed by atoms with Gasteiger partial charge in [-0.3, -0.25) is 9.00 Å². The van der Waals surface area contributed by atoms with Gasteiger partial charge in [0.15, 0.2) is 0 Å². The zero-order valence-electron chi connectivity index (χ0n) is 11.8. The molecule has 6 nitrogen and oxygen atoms in total. The van der Waals surface area contributed by atoms with E-state index in [0.717, 1.165) is 12.8 Å². The van der Waals surface area contributed by atoms with Crippen LogP contribution in [0, 0.1) is 5.92 Å². The highest BCUT2D eigenvalue weighted by molar-refractivity contribution is 7.84. The van der Waals surface area contributed by atoms with Crippen LogP contribution in [0.1, 0.15) is 33.1 Å². The number of carbonyl (C=O) groups excluding carboxylic acids is 1. The highest BCUT2D eigenvalue weighted by Crippen LogP contribution is 2.09. The molecule has 0 aliphatic heterocycles. The summed E-state index contributed by atoms with van der Waals surface area (Å²) in [5.41, 5.74) is 0. The Kier molecular flexibility index (Phi) is 9.20. The normalized spacial score (nSPS) is 15.3. The lowest BCUT2D eigenvalue weighted by molar-refractivity contribution is -0.141. The smallest absolute Gasteiger partial charge is 0.315 e. The van der Waals surface area contributed by atoms with Gasteiger partial charge in [-0.25, -0.2) is 4.79 Å². The Balaban J connectivity index is 3.67. The van der Waals surface area contributed by atoms with Crippen LogP contribution in [-0.4, -0.2) is 45.9 Å². The Bertz CT molecular complexity index is 323. The molecule has 112 valence electrons. The molecule has 3 N–H and O–H groups in total.